The first-order chi connectivity index (χ1) is 8.38. The molecule has 0 radical (unpaired) electrons. The van der Waals surface area contributed by atoms with Crippen LogP contribution in [-0.2, 0) is 13.1 Å². The maximum absolute atomic E-state index is 3.91. The van der Waals surface area contributed by atoms with E-state index in [1.807, 2.05) is 10.9 Å². The molecule has 1 aromatic heterocycles. The number of hydrogen-bond acceptors (Lipinski definition) is 4. The van der Waals surface area contributed by atoms with Gasteiger partial charge in [0, 0.05) is 24.2 Å². The van der Waals surface area contributed by atoms with E-state index in [1.54, 1.807) is 18.0 Å². The van der Waals surface area contributed by atoms with Gasteiger partial charge in [0.15, 0.2) is 0 Å². The molecular formula is C12H16N4S. The number of thioether (sulfide) groups is 1. The van der Waals surface area contributed by atoms with E-state index in [-0.39, 0.29) is 0 Å². The topological polar surface area (TPSA) is 42.7 Å². The summed E-state index contributed by atoms with van der Waals surface area (Å²) < 4.78 is 1.82. The molecular weight excluding hydrogens is 232 g/mol. The van der Waals surface area contributed by atoms with Crippen LogP contribution in [-0.4, -0.2) is 27.8 Å². The molecule has 4 nitrogen and oxygen atoms in total. The van der Waals surface area contributed by atoms with Crippen molar-refractivity contribution in [2.45, 2.75) is 18.0 Å². The Hall–Kier alpha value is -1.33. The monoisotopic (exact) mass is 248 g/mol. The Kier molecular flexibility index (Phi) is 4.58. The quantitative estimate of drug-likeness (QED) is 0.625. The molecule has 0 saturated heterocycles. The van der Waals surface area contributed by atoms with Crippen molar-refractivity contribution in [2.75, 3.05) is 12.8 Å². The van der Waals surface area contributed by atoms with Gasteiger partial charge in [-0.25, -0.2) is 0 Å². The third-order valence-electron chi connectivity index (χ3n) is 2.48. The van der Waals surface area contributed by atoms with Crippen molar-refractivity contribution in [3.63, 3.8) is 0 Å². The lowest BCUT2D eigenvalue weighted by Crippen LogP contribution is -2.19. The minimum Gasteiger partial charge on any atom is -0.311 e. The molecule has 90 valence electrons. The molecule has 0 atom stereocenters. The Morgan fingerprint density at radius 1 is 1.29 bits per heavy atom. The highest BCUT2D eigenvalue weighted by Crippen LogP contribution is 2.14. The fourth-order valence-electron chi connectivity index (χ4n) is 1.52. The van der Waals surface area contributed by atoms with Gasteiger partial charge in [-0.2, -0.15) is 0 Å². The lowest BCUT2D eigenvalue weighted by molar-refractivity contribution is 0.540. The molecule has 0 fully saturated rings. The number of aromatic nitrogens is 3. The average molecular weight is 248 g/mol. The molecule has 2 aromatic rings. The fourth-order valence-corrected chi connectivity index (χ4v) is 1.93. The zero-order valence-corrected chi connectivity index (χ0v) is 10.7. The molecule has 0 bridgehead atoms. The molecule has 0 aliphatic rings. The predicted octanol–water partition coefficient (Wildman–Crippen LogP) is 1.79. The number of hydrogen-bond donors (Lipinski definition) is 1. The summed E-state index contributed by atoms with van der Waals surface area (Å²) >= 11 is 1.77. The number of nitrogens with one attached hydrogen (secondary N) is 1. The molecule has 2 rings (SSSR count). The second kappa shape index (κ2) is 6.42. The minimum atomic E-state index is 0.850. The second-order valence-electron chi connectivity index (χ2n) is 3.69. The molecule has 1 aromatic carbocycles. The van der Waals surface area contributed by atoms with Crippen LogP contribution in [0.2, 0.25) is 0 Å². The van der Waals surface area contributed by atoms with Crippen molar-refractivity contribution in [3.05, 3.63) is 42.2 Å². The number of rotatable bonds is 6. The zero-order valence-electron chi connectivity index (χ0n) is 9.84. The first-order valence-electron chi connectivity index (χ1n) is 5.56. The van der Waals surface area contributed by atoms with Crippen LogP contribution in [0, 0.1) is 0 Å². The van der Waals surface area contributed by atoms with Gasteiger partial charge in [-0.15, -0.1) is 16.9 Å². The van der Waals surface area contributed by atoms with Crippen LogP contribution in [0.1, 0.15) is 5.56 Å². The normalized spacial score (nSPS) is 10.6. The van der Waals surface area contributed by atoms with Crippen molar-refractivity contribution in [3.8, 4) is 0 Å². The maximum Gasteiger partial charge on any atom is 0.0692 e. The highest BCUT2D eigenvalue weighted by Gasteiger charge is 1.94. The molecule has 1 heterocycles. The molecule has 5 heteroatoms. The molecule has 0 aliphatic carbocycles. The Bertz CT molecular complexity index is 424. The summed E-state index contributed by atoms with van der Waals surface area (Å²) in [4.78, 5) is 1.30. The van der Waals surface area contributed by atoms with Gasteiger partial charge in [0.25, 0.3) is 0 Å². The molecule has 0 saturated carbocycles. The third kappa shape index (κ3) is 3.87. The van der Waals surface area contributed by atoms with E-state index in [0.29, 0.717) is 0 Å². The standard InChI is InChI=1S/C12H16N4S/c1-17-12-4-2-11(3-5-12)10-13-6-8-16-9-7-14-15-16/h2-5,7,9,13H,6,8,10H2,1H3. The van der Waals surface area contributed by atoms with Gasteiger partial charge in [0.2, 0.25) is 0 Å². The van der Waals surface area contributed by atoms with Crippen molar-refractivity contribution in [1.82, 2.24) is 20.3 Å². The molecule has 0 unspecified atom stereocenters. The first-order valence-corrected chi connectivity index (χ1v) is 6.79. The van der Waals surface area contributed by atoms with Gasteiger partial charge in [-0.05, 0) is 24.0 Å². The molecule has 0 aliphatic heterocycles. The van der Waals surface area contributed by atoms with Gasteiger partial charge in [-0.3, -0.25) is 4.68 Å². The number of benzene rings is 1. The molecule has 17 heavy (non-hydrogen) atoms. The van der Waals surface area contributed by atoms with Crippen LogP contribution in [0.4, 0.5) is 0 Å². The van der Waals surface area contributed by atoms with E-state index < -0.39 is 0 Å². The van der Waals surface area contributed by atoms with Gasteiger partial charge < -0.3 is 5.32 Å². The lowest BCUT2D eigenvalue weighted by atomic mass is 10.2. The van der Waals surface area contributed by atoms with Crippen LogP contribution < -0.4 is 5.32 Å². The lowest BCUT2D eigenvalue weighted by Gasteiger charge is -2.05. The average Bonchev–Trinajstić information content (AvgIpc) is 2.88. The van der Waals surface area contributed by atoms with Crippen LogP contribution in [0.25, 0.3) is 0 Å². The fraction of sp³-hybridized carbons (Fsp3) is 0.333. The van der Waals surface area contributed by atoms with Crippen molar-refractivity contribution in [1.29, 1.82) is 0 Å². The van der Waals surface area contributed by atoms with E-state index in [2.05, 4.69) is 46.2 Å². The van der Waals surface area contributed by atoms with Crippen molar-refractivity contribution in [2.24, 2.45) is 0 Å². The largest absolute Gasteiger partial charge is 0.311 e. The summed E-state index contributed by atoms with van der Waals surface area (Å²) in [5, 5.41) is 11.1. The van der Waals surface area contributed by atoms with E-state index in [1.165, 1.54) is 10.5 Å². The Balaban J connectivity index is 1.70. The molecule has 1 N–H and O–H groups in total. The van der Waals surface area contributed by atoms with Gasteiger partial charge in [0.05, 0.1) is 12.7 Å². The Labute approximate surface area is 105 Å². The van der Waals surface area contributed by atoms with E-state index in [4.69, 9.17) is 0 Å². The smallest absolute Gasteiger partial charge is 0.0692 e. The highest BCUT2D eigenvalue weighted by molar-refractivity contribution is 7.98. The Morgan fingerprint density at radius 3 is 2.76 bits per heavy atom. The van der Waals surface area contributed by atoms with E-state index in [9.17, 15) is 0 Å². The molecule has 0 spiro atoms. The SMILES string of the molecule is CSc1ccc(CNCCn2ccnn2)cc1. The second-order valence-corrected chi connectivity index (χ2v) is 4.57. The van der Waals surface area contributed by atoms with Crippen LogP contribution >= 0.6 is 11.8 Å². The highest BCUT2D eigenvalue weighted by atomic mass is 32.2. The van der Waals surface area contributed by atoms with Gasteiger partial charge in [-0.1, -0.05) is 17.3 Å². The Morgan fingerprint density at radius 2 is 2.12 bits per heavy atom. The van der Waals surface area contributed by atoms with Crippen molar-refractivity contribution < 1.29 is 0 Å². The van der Waals surface area contributed by atoms with Crippen LogP contribution in [0.15, 0.2) is 41.6 Å². The predicted molar refractivity (Wildman–Crippen MR) is 70.0 cm³/mol. The van der Waals surface area contributed by atoms with Gasteiger partial charge >= 0.3 is 0 Å². The first kappa shape index (κ1) is 12.1. The van der Waals surface area contributed by atoms with E-state index >= 15 is 0 Å². The summed E-state index contributed by atoms with van der Waals surface area (Å²) in [7, 11) is 0. The number of nitrogens with zero attached hydrogens (tertiary/aromatic N) is 3. The minimum absolute atomic E-state index is 0.850. The van der Waals surface area contributed by atoms with Crippen LogP contribution in [0.3, 0.4) is 0 Å². The van der Waals surface area contributed by atoms with Gasteiger partial charge in [0.1, 0.15) is 0 Å². The summed E-state index contributed by atoms with van der Waals surface area (Å²) in [6.07, 6.45) is 5.65. The summed E-state index contributed by atoms with van der Waals surface area (Å²) in [5.74, 6) is 0. The maximum atomic E-state index is 3.91. The summed E-state index contributed by atoms with van der Waals surface area (Å²) in [6, 6.07) is 8.63. The third-order valence-corrected chi connectivity index (χ3v) is 3.22. The van der Waals surface area contributed by atoms with Crippen molar-refractivity contribution >= 4 is 11.8 Å². The van der Waals surface area contributed by atoms with E-state index in [0.717, 1.165) is 19.6 Å². The zero-order chi connectivity index (χ0) is 11.9. The molecule has 0 amide bonds. The summed E-state index contributed by atoms with van der Waals surface area (Å²) in [6.45, 7) is 2.64. The summed E-state index contributed by atoms with van der Waals surface area (Å²) in [5.41, 5.74) is 1.31. The van der Waals surface area contributed by atoms with Crippen LogP contribution in [0.5, 0.6) is 0 Å².